The minimum absolute atomic E-state index is 0.0984. The lowest BCUT2D eigenvalue weighted by molar-refractivity contribution is -0.141. The minimum Gasteiger partial charge on any atom is -0.493 e. The number of amidine groups is 1. The first-order valence-electron chi connectivity index (χ1n) is 9.10. The van der Waals surface area contributed by atoms with E-state index in [4.69, 9.17) is 4.74 Å². The zero-order valence-electron chi connectivity index (χ0n) is 14.7. The molecule has 144 valence electrons. The number of aliphatic imine (C=N–C) groups is 1. The van der Waals surface area contributed by atoms with Gasteiger partial charge < -0.3 is 10.1 Å². The number of aromatic nitrogens is 1. The molecule has 2 aromatic rings. The fraction of sp³-hybridized carbons (Fsp3) is 0.350. The molecule has 1 atom stereocenters. The number of hydrogen-bond acceptors (Lipinski definition) is 4. The van der Waals surface area contributed by atoms with E-state index in [1.807, 2.05) is 0 Å². The Balaban J connectivity index is 1.79. The Hall–Kier alpha value is -2.90. The fourth-order valence-corrected chi connectivity index (χ4v) is 3.89. The van der Waals surface area contributed by atoms with Crippen LogP contribution in [0.4, 0.5) is 13.2 Å². The van der Waals surface area contributed by atoms with Crippen LogP contribution < -0.4 is 10.1 Å². The fourth-order valence-electron chi connectivity index (χ4n) is 3.89. The maximum Gasteiger partial charge on any atom is 0.433 e. The normalized spacial score (nSPS) is 25.1. The lowest BCUT2D eigenvalue weighted by atomic mass is 9.69. The third-order valence-electron chi connectivity index (χ3n) is 5.40. The smallest absolute Gasteiger partial charge is 0.433 e. The number of pyridine rings is 1. The first-order chi connectivity index (χ1) is 13.4. The van der Waals surface area contributed by atoms with Crippen molar-refractivity contribution < 1.29 is 22.7 Å². The van der Waals surface area contributed by atoms with E-state index >= 15 is 0 Å². The Morgan fingerprint density at radius 3 is 2.71 bits per heavy atom. The van der Waals surface area contributed by atoms with Crippen molar-refractivity contribution in [3.63, 3.8) is 0 Å². The van der Waals surface area contributed by atoms with E-state index in [0.29, 0.717) is 22.7 Å². The summed E-state index contributed by atoms with van der Waals surface area (Å²) in [5.41, 5.74) is -1.29. The van der Waals surface area contributed by atoms with E-state index in [-0.39, 0.29) is 24.8 Å². The van der Waals surface area contributed by atoms with Gasteiger partial charge in [0.2, 0.25) is 5.91 Å². The average molecular weight is 387 g/mol. The summed E-state index contributed by atoms with van der Waals surface area (Å²) in [5, 5.41) is 2.84. The van der Waals surface area contributed by atoms with Gasteiger partial charge in [-0.25, -0.2) is 4.98 Å². The quantitative estimate of drug-likeness (QED) is 0.817. The monoisotopic (exact) mass is 387 g/mol. The van der Waals surface area contributed by atoms with E-state index in [2.05, 4.69) is 15.3 Å². The molecular formula is C20H16F3N3O2. The van der Waals surface area contributed by atoms with Gasteiger partial charge in [0.05, 0.1) is 18.3 Å². The summed E-state index contributed by atoms with van der Waals surface area (Å²) < 4.78 is 45.9. The number of carbonyl (C=O) groups is 1. The molecule has 0 bridgehead atoms. The van der Waals surface area contributed by atoms with E-state index in [1.165, 1.54) is 6.07 Å². The third-order valence-corrected chi connectivity index (χ3v) is 5.40. The summed E-state index contributed by atoms with van der Waals surface area (Å²) >= 11 is 0. The summed E-state index contributed by atoms with van der Waals surface area (Å²) in [5.74, 6) is 0.372. The summed E-state index contributed by atoms with van der Waals surface area (Å²) in [6.07, 6.45) is -2.59. The lowest BCUT2D eigenvalue weighted by Crippen LogP contribution is -2.55. The van der Waals surface area contributed by atoms with Crippen molar-refractivity contribution in [1.82, 2.24) is 10.3 Å². The number of alkyl halides is 3. The van der Waals surface area contributed by atoms with Gasteiger partial charge in [0.1, 0.15) is 22.7 Å². The molecule has 5 rings (SSSR count). The van der Waals surface area contributed by atoms with Crippen LogP contribution >= 0.6 is 0 Å². The largest absolute Gasteiger partial charge is 0.493 e. The molecular weight excluding hydrogens is 371 g/mol. The van der Waals surface area contributed by atoms with Crippen LogP contribution in [0, 0.1) is 0 Å². The molecule has 2 aliphatic heterocycles. The molecule has 28 heavy (non-hydrogen) atoms. The first kappa shape index (κ1) is 17.2. The summed E-state index contributed by atoms with van der Waals surface area (Å²) in [4.78, 5) is 21.8. The molecule has 1 fully saturated rings. The summed E-state index contributed by atoms with van der Waals surface area (Å²) in [6.45, 7) is 0.205. The Labute approximate surface area is 158 Å². The number of rotatable bonds is 1. The maximum absolute atomic E-state index is 13.4. The van der Waals surface area contributed by atoms with Crippen LogP contribution in [0.25, 0.3) is 0 Å². The van der Waals surface area contributed by atoms with Crippen molar-refractivity contribution in [3.8, 4) is 5.75 Å². The highest BCUT2D eigenvalue weighted by molar-refractivity contribution is 6.16. The SMILES string of the molecule is O=C1NC(=NC2CC2)c2ccc(C(F)(F)F)nc2[C@@]12CCOc1ccccc12. The molecule has 1 amide bonds. The predicted molar refractivity (Wildman–Crippen MR) is 94.3 cm³/mol. The van der Waals surface area contributed by atoms with E-state index in [1.54, 1.807) is 24.3 Å². The van der Waals surface area contributed by atoms with Crippen molar-refractivity contribution in [2.45, 2.75) is 36.9 Å². The Morgan fingerprint density at radius 1 is 1.18 bits per heavy atom. The molecule has 0 unspecified atom stereocenters. The topological polar surface area (TPSA) is 63.6 Å². The molecule has 8 heteroatoms. The number of nitrogens with zero attached hydrogens (tertiary/aromatic N) is 2. The van der Waals surface area contributed by atoms with Crippen molar-refractivity contribution in [2.75, 3.05) is 6.61 Å². The molecule has 3 aliphatic rings. The highest BCUT2D eigenvalue weighted by Crippen LogP contribution is 2.47. The number of fused-ring (bicyclic) bond motifs is 4. The molecule has 1 saturated carbocycles. The molecule has 1 aromatic carbocycles. The molecule has 1 aliphatic carbocycles. The number of nitrogens with one attached hydrogen (secondary N) is 1. The van der Waals surface area contributed by atoms with Crippen molar-refractivity contribution in [2.24, 2.45) is 4.99 Å². The number of carbonyl (C=O) groups excluding carboxylic acids is 1. The van der Waals surface area contributed by atoms with Crippen molar-refractivity contribution in [1.29, 1.82) is 0 Å². The highest BCUT2D eigenvalue weighted by atomic mass is 19.4. The van der Waals surface area contributed by atoms with Gasteiger partial charge in [-0.1, -0.05) is 18.2 Å². The maximum atomic E-state index is 13.4. The molecule has 1 aromatic heterocycles. The zero-order chi connectivity index (χ0) is 19.5. The van der Waals surface area contributed by atoms with Crippen LogP contribution in [0.15, 0.2) is 41.4 Å². The molecule has 0 saturated heterocycles. The molecule has 0 radical (unpaired) electrons. The Bertz CT molecular complexity index is 1010. The molecule has 1 spiro atoms. The van der Waals surface area contributed by atoms with E-state index < -0.39 is 23.2 Å². The van der Waals surface area contributed by atoms with Crippen LogP contribution in [0.1, 0.15) is 41.8 Å². The van der Waals surface area contributed by atoms with Gasteiger partial charge in [0.25, 0.3) is 0 Å². The standard InChI is InChI=1S/C20H16F3N3O2/c21-20(22,23)15-8-7-12-16(25-15)19(18(27)26-17(12)24-11-5-6-11)9-10-28-14-4-2-1-3-13(14)19/h1-4,7-8,11H,5-6,9-10H2,(H,24,26,27)/t19-/m0/s1. The number of ether oxygens (including phenoxy) is 1. The van der Waals surface area contributed by atoms with Gasteiger partial charge >= 0.3 is 6.18 Å². The van der Waals surface area contributed by atoms with Crippen LogP contribution in [0.5, 0.6) is 5.75 Å². The predicted octanol–water partition coefficient (Wildman–Crippen LogP) is 3.21. The van der Waals surface area contributed by atoms with Crippen LogP contribution in [0.3, 0.4) is 0 Å². The number of para-hydroxylation sites is 1. The Morgan fingerprint density at radius 2 is 1.96 bits per heavy atom. The van der Waals surface area contributed by atoms with Crippen LogP contribution in [-0.4, -0.2) is 29.4 Å². The molecule has 3 heterocycles. The second-order valence-electron chi connectivity index (χ2n) is 7.25. The van der Waals surface area contributed by atoms with Crippen molar-refractivity contribution in [3.05, 3.63) is 58.9 Å². The Kier molecular flexibility index (Phi) is 3.56. The lowest BCUT2D eigenvalue weighted by Gasteiger charge is -2.41. The minimum atomic E-state index is -4.61. The number of benzene rings is 1. The summed E-state index contributed by atoms with van der Waals surface area (Å²) in [7, 11) is 0. The summed E-state index contributed by atoms with van der Waals surface area (Å²) in [6, 6.07) is 9.33. The number of halogens is 3. The highest BCUT2D eigenvalue weighted by Gasteiger charge is 2.53. The van der Waals surface area contributed by atoms with Crippen LogP contribution in [0.2, 0.25) is 0 Å². The first-order valence-corrected chi connectivity index (χ1v) is 9.10. The van der Waals surface area contributed by atoms with Gasteiger partial charge in [-0.3, -0.25) is 9.79 Å². The number of hydrogen-bond donors (Lipinski definition) is 1. The second kappa shape index (κ2) is 5.80. The van der Waals surface area contributed by atoms with Gasteiger partial charge in [-0.05, 0) is 31.0 Å². The molecule has 5 nitrogen and oxygen atoms in total. The van der Waals surface area contributed by atoms with E-state index in [9.17, 15) is 18.0 Å². The molecule has 1 N–H and O–H groups in total. The van der Waals surface area contributed by atoms with Gasteiger partial charge in [-0.2, -0.15) is 13.2 Å². The second-order valence-corrected chi connectivity index (χ2v) is 7.25. The van der Waals surface area contributed by atoms with Crippen LogP contribution in [-0.2, 0) is 16.4 Å². The average Bonchev–Trinajstić information content (AvgIpc) is 3.49. The van der Waals surface area contributed by atoms with E-state index in [0.717, 1.165) is 18.9 Å². The van der Waals surface area contributed by atoms with Gasteiger partial charge in [0, 0.05) is 17.5 Å². The third kappa shape index (κ3) is 2.51. The number of amides is 1. The van der Waals surface area contributed by atoms with Crippen molar-refractivity contribution >= 4 is 11.7 Å². The zero-order valence-corrected chi connectivity index (χ0v) is 14.7. The van der Waals surface area contributed by atoms with Gasteiger partial charge in [-0.15, -0.1) is 0 Å². The van der Waals surface area contributed by atoms with Gasteiger partial charge in [0.15, 0.2) is 0 Å².